The second kappa shape index (κ2) is 5.53. The van der Waals surface area contributed by atoms with Gasteiger partial charge in [0.15, 0.2) is 0 Å². The van der Waals surface area contributed by atoms with Crippen LogP contribution in [0.25, 0.3) is 0 Å². The number of rotatable bonds is 2. The van der Waals surface area contributed by atoms with Crippen molar-refractivity contribution in [3.8, 4) is 6.07 Å². The van der Waals surface area contributed by atoms with Gasteiger partial charge in [0.2, 0.25) is 17.7 Å². The van der Waals surface area contributed by atoms with Crippen LogP contribution >= 0.6 is 0 Å². The van der Waals surface area contributed by atoms with Crippen molar-refractivity contribution in [2.24, 2.45) is 0 Å². The van der Waals surface area contributed by atoms with Crippen LogP contribution in [0.5, 0.6) is 0 Å². The molecule has 1 aliphatic heterocycles. The van der Waals surface area contributed by atoms with Crippen LogP contribution in [0, 0.1) is 11.3 Å². The summed E-state index contributed by atoms with van der Waals surface area (Å²) in [7, 11) is 0. The van der Waals surface area contributed by atoms with Crippen LogP contribution < -0.4 is 5.32 Å². The highest BCUT2D eigenvalue weighted by Gasteiger charge is 2.37. The van der Waals surface area contributed by atoms with E-state index in [2.05, 4.69) is 5.32 Å². The molecule has 0 radical (unpaired) electrons. The van der Waals surface area contributed by atoms with Gasteiger partial charge < -0.3 is 4.90 Å². The molecule has 6 nitrogen and oxygen atoms in total. The van der Waals surface area contributed by atoms with Crippen LogP contribution in [0.3, 0.4) is 0 Å². The van der Waals surface area contributed by atoms with Crippen LogP contribution in [0.1, 0.15) is 18.4 Å². The lowest BCUT2D eigenvalue weighted by atomic mass is 9.98. The van der Waals surface area contributed by atoms with Crippen molar-refractivity contribution in [1.82, 2.24) is 10.2 Å². The van der Waals surface area contributed by atoms with E-state index in [1.807, 2.05) is 6.07 Å². The van der Waals surface area contributed by atoms with E-state index in [0.29, 0.717) is 5.56 Å². The molecule has 1 fully saturated rings. The molecule has 0 saturated carbocycles. The predicted molar refractivity (Wildman–Crippen MR) is 69.1 cm³/mol. The number of hydrogen-bond donors (Lipinski definition) is 1. The van der Waals surface area contributed by atoms with Crippen LogP contribution in [-0.2, 0) is 14.4 Å². The summed E-state index contributed by atoms with van der Waals surface area (Å²) in [5.74, 6) is -2.61. The summed E-state index contributed by atoms with van der Waals surface area (Å²) in [5, 5.41) is 11.4. The molecule has 102 valence electrons. The molecule has 0 aliphatic carbocycles. The Kier molecular flexibility index (Phi) is 3.80. The highest BCUT2D eigenvalue weighted by atomic mass is 16.2. The average Bonchev–Trinajstić information content (AvgIpc) is 2.44. The summed E-state index contributed by atoms with van der Waals surface area (Å²) < 4.78 is 0. The van der Waals surface area contributed by atoms with E-state index in [1.54, 1.807) is 30.3 Å². The maximum Gasteiger partial charge on any atom is 0.249 e. The number of carbonyl (C=O) groups is 3. The molecule has 1 N–H and O–H groups in total. The fourth-order valence-electron chi connectivity index (χ4n) is 2.07. The number of nitriles is 1. The van der Waals surface area contributed by atoms with E-state index in [-0.39, 0.29) is 6.54 Å². The molecule has 0 bridgehead atoms. The second-order valence-corrected chi connectivity index (χ2v) is 4.53. The van der Waals surface area contributed by atoms with Crippen LogP contribution in [0.4, 0.5) is 0 Å². The van der Waals surface area contributed by atoms with Crippen molar-refractivity contribution in [2.75, 3.05) is 6.54 Å². The van der Waals surface area contributed by atoms with Gasteiger partial charge in [-0.15, -0.1) is 0 Å². The SMILES string of the molecule is CC1C(=O)NC(=O)CN1C(=O)C(C#N)c1ccccc1. The summed E-state index contributed by atoms with van der Waals surface area (Å²) in [6.07, 6.45) is 0. The smallest absolute Gasteiger partial charge is 0.249 e. The Morgan fingerprint density at radius 3 is 2.65 bits per heavy atom. The number of amides is 3. The van der Waals surface area contributed by atoms with E-state index in [4.69, 9.17) is 0 Å². The van der Waals surface area contributed by atoms with E-state index in [1.165, 1.54) is 6.92 Å². The van der Waals surface area contributed by atoms with Gasteiger partial charge in [0.05, 0.1) is 6.07 Å². The highest BCUT2D eigenvalue weighted by molar-refractivity contribution is 6.05. The number of nitrogens with zero attached hydrogens (tertiary/aromatic N) is 2. The minimum atomic E-state index is -1.02. The van der Waals surface area contributed by atoms with Crippen LogP contribution in [-0.4, -0.2) is 35.2 Å². The maximum atomic E-state index is 12.4. The Morgan fingerprint density at radius 1 is 1.40 bits per heavy atom. The Labute approximate surface area is 116 Å². The normalized spacial score (nSPS) is 20.0. The number of carbonyl (C=O) groups excluding carboxylic acids is 3. The number of benzene rings is 1. The minimum Gasteiger partial charge on any atom is -0.320 e. The molecule has 2 atom stereocenters. The molecule has 1 saturated heterocycles. The maximum absolute atomic E-state index is 12.4. The van der Waals surface area contributed by atoms with Crippen molar-refractivity contribution in [3.63, 3.8) is 0 Å². The first-order valence-corrected chi connectivity index (χ1v) is 6.13. The third kappa shape index (κ3) is 2.52. The summed E-state index contributed by atoms with van der Waals surface area (Å²) in [4.78, 5) is 36.5. The zero-order chi connectivity index (χ0) is 14.7. The summed E-state index contributed by atoms with van der Waals surface area (Å²) in [5.41, 5.74) is 0.547. The molecule has 1 aromatic rings. The van der Waals surface area contributed by atoms with E-state index in [0.717, 1.165) is 4.90 Å². The third-order valence-corrected chi connectivity index (χ3v) is 3.22. The lowest BCUT2D eigenvalue weighted by molar-refractivity contribution is -0.149. The molecule has 2 rings (SSSR count). The number of imide groups is 1. The Bertz CT molecular complexity index is 591. The zero-order valence-electron chi connectivity index (χ0n) is 10.9. The summed E-state index contributed by atoms with van der Waals surface area (Å²) >= 11 is 0. The van der Waals surface area contributed by atoms with Crippen LogP contribution in [0.2, 0.25) is 0 Å². The van der Waals surface area contributed by atoms with Crippen molar-refractivity contribution in [3.05, 3.63) is 35.9 Å². The van der Waals surface area contributed by atoms with Crippen molar-refractivity contribution in [2.45, 2.75) is 18.9 Å². The molecular formula is C14H13N3O3. The van der Waals surface area contributed by atoms with Crippen molar-refractivity contribution < 1.29 is 14.4 Å². The number of nitrogens with one attached hydrogen (secondary N) is 1. The highest BCUT2D eigenvalue weighted by Crippen LogP contribution is 2.20. The van der Waals surface area contributed by atoms with Gasteiger partial charge in [-0.2, -0.15) is 5.26 Å². The van der Waals surface area contributed by atoms with Crippen molar-refractivity contribution >= 4 is 17.7 Å². The van der Waals surface area contributed by atoms with E-state index >= 15 is 0 Å². The fourth-order valence-corrected chi connectivity index (χ4v) is 2.07. The van der Waals surface area contributed by atoms with Crippen LogP contribution in [0.15, 0.2) is 30.3 Å². The third-order valence-electron chi connectivity index (χ3n) is 3.22. The first-order valence-electron chi connectivity index (χ1n) is 6.13. The molecular weight excluding hydrogens is 258 g/mol. The molecule has 0 spiro atoms. The topological polar surface area (TPSA) is 90.3 Å². The largest absolute Gasteiger partial charge is 0.320 e. The second-order valence-electron chi connectivity index (χ2n) is 4.53. The lowest BCUT2D eigenvalue weighted by Gasteiger charge is -2.32. The van der Waals surface area contributed by atoms with Gasteiger partial charge in [-0.05, 0) is 12.5 Å². The quantitative estimate of drug-likeness (QED) is 0.776. The Balaban J connectivity index is 2.27. The van der Waals surface area contributed by atoms with Gasteiger partial charge in [0, 0.05) is 0 Å². The predicted octanol–water partition coefficient (Wildman–Crippen LogP) is 0.167. The number of piperazine rings is 1. The van der Waals surface area contributed by atoms with E-state index < -0.39 is 29.7 Å². The van der Waals surface area contributed by atoms with Gasteiger partial charge >= 0.3 is 0 Å². The van der Waals surface area contributed by atoms with Gasteiger partial charge in [0.25, 0.3) is 0 Å². The zero-order valence-corrected chi connectivity index (χ0v) is 10.9. The molecule has 20 heavy (non-hydrogen) atoms. The summed E-state index contributed by atoms with van der Waals surface area (Å²) in [6, 6.07) is 9.74. The first-order chi connectivity index (χ1) is 9.54. The molecule has 1 aromatic carbocycles. The standard InChI is InChI=1S/C14H13N3O3/c1-9-13(19)16-12(18)8-17(9)14(20)11(7-15)10-5-3-2-4-6-10/h2-6,9,11H,8H2,1H3,(H,16,18,19). The molecule has 6 heteroatoms. The van der Waals surface area contributed by atoms with E-state index in [9.17, 15) is 19.6 Å². The Morgan fingerprint density at radius 2 is 2.05 bits per heavy atom. The summed E-state index contributed by atoms with van der Waals surface area (Å²) in [6.45, 7) is 1.32. The minimum absolute atomic E-state index is 0.212. The van der Waals surface area contributed by atoms with Crippen molar-refractivity contribution in [1.29, 1.82) is 5.26 Å². The monoisotopic (exact) mass is 271 g/mol. The average molecular weight is 271 g/mol. The molecule has 1 heterocycles. The molecule has 1 aliphatic rings. The molecule has 2 unspecified atom stereocenters. The fraction of sp³-hybridized carbons (Fsp3) is 0.286. The first kappa shape index (κ1) is 13.7. The Hall–Kier alpha value is -2.68. The van der Waals surface area contributed by atoms with Gasteiger partial charge in [-0.3, -0.25) is 19.7 Å². The van der Waals surface area contributed by atoms with Gasteiger partial charge in [0.1, 0.15) is 18.5 Å². The van der Waals surface area contributed by atoms with Gasteiger partial charge in [-0.25, -0.2) is 0 Å². The molecule has 0 aromatic heterocycles. The lowest BCUT2D eigenvalue weighted by Crippen LogP contribution is -2.59. The molecule has 3 amide bonds. The number of hydrogen-bond acceptors (Lipinski definition) is 4. The van der Waals surface area contributed by atoms with Gasteiger partial charge in [-0.1, -0.05) is 30.3 Å².